The molecule has 2 aliphatic carbocycles. The van der Waals surface area contributed by atoms with E-state index in [1.165, 1.54) is 56.1 Å². The predicted octanol–water partition coefficient (Wildman–Crippen LogP) is 15.1. The number of thiazole rings is 2. The second kappa shape index (κ2) is 23.2. The summed E-state index contributed by atoms with van der Waals surface area (Å²) < 4.78 is 0. The SMILES string of the molecule is C.C.C[C@]1(c2ccccc2)c2ccccc2C[C@@H]1C(=O)Nc1nc(Cc2ccc(-c3ccncc3)cc2)cs1.C[C@]1(c2ccccc2)c2ccccc2C[C@H]1C(=O)Nc1nc(Cc2ccc(-c3ccncc3)cc2)cs1. The second-order valence-corrected chi connectivity index (χ2v) is 21.2. The zero-order valence-electron chi connectivity index (χ0n) is 41.2. The van der Waals surface area contributed by atoms with Crippen molar-refractivity contribution < 1.29 is 9.59 Å². The molecular weight excluding hydrogens is 973 g/mol. The van der Waals surface area contributed by atoms with Gasteiger partial charge in [-0.25, -0.2) is 9.97 Å². The Morgan fingerprint density at radius 3 is 1.18 bits per heavy atom. The van der Waals surface area contributed by atoms with Crippen molar-refractivity contribution in [3.05, 3.63) is 273 Å². The molecule has 4 heterocycles. The Balaban J connectivity index is 0.000000181. The van der Waals surface area contributed by atoms with Gasteiger partial charge in [-0.3, -0.25) is 19.6 Å². The summed E-state index contributed by atoms with van der Waals surface area (Å²) in [5, 5.41) is 11.7. The van der Waals surface area contributed by atoms with Crippen LogP contribution in [0.4, 0.5) is 10.3 Å². The van der Waals surface area contributed by atoms with Crippen molar-refractivity contribution in [1.82, 2.24) is 19.9 Å². The first-order chi connectivity index (χ1) is 36.2. The molecule has 0 radical (unpaired) electrons. The fourth-order valence-electron chi connectivity index (χ4n) is 11.0. The molecular formula is C66H62N6O2S2. The number of hydrogen-bond donors (Lipinski definition) is 2. The van der Waals surface area contributed by atoms with Crippen LogP contribution in [0.15, 0.2) is 218 Å². The summed E-state index contributed by atoms with van der Waals surface area (Å²) in [7, 11) is 0. The normalized spacial score (nSPS) is 17.9. The molecule has 2 aliphatic rings. The molecule has 2 N–H and O–H groups in total. The van der Waals surface area contributed by atoms with E-state index >= 15 is 0 Å². The van der Waals surface area contributed by atoms with Crippen LogP contribution in [0.25, 0.3) is 22.3 Å². The number of carbonyl (C=O) groups is 2. The van der Waals surface area contributed by atoms with Crippen LogP contribution in [-0.4, -0.2) is 31.8 Å². The third-order valence-electron chi connectivity index (χ3n) is 15.0. The van der Waals surface area contributed by atoms with Gasteiger partial charge in [-0.05, 0) is 104 Å². The molecule has 6 aromatic carbocycles. The Kier molecular flexibility index (Phi) is 16.0. The molecule has 0 fully saturated rings. The van der Waals surface area contributed by atoms with Crippen molar-refractivity contribution in [2.45, 2.75) is 65.2 Å². The molecule has 0 spiro atoms. The van der Waals surface area contributed by atoms with Gasteiger partial charge in [0.05, 0.1) is 23.2 Å². The van der Waals surface area contributed by atoms with Gasteiger partial charge in [0.25, 0.3) is 0 Å². The first-order valence-electron chi connectivity index (χ1n) is 25.0. The van der Waals surface area contributed by atoms with Crippen molar-refractivity contribution >= 4 is 44.8 Å². The number of pyridine rings is 2. The molecule has 0 saturated carbocycles. The van der Waals surface area contributed by atoms with E-state index in [0.29, 0.717) is 10.3 Å². The summed E-state index contributed by atoms with van der Waals surface area (Å²) in [5.74, 6) is -0.379. The van der Waals surface area contributed by atoms with Crippen LogP contribution in [0.2, 0.25) is 0 Å². The van der Waals surface area contributed by atoms with E-state index in [4.69, 9.17) is 9.97 Å². The van der Waals surface area contributed by atoms with Crippen LogP contribution >= 0.6 is 22.7 Å². The van der Waals surface area contributed by atoms with Crippen molar-refractivity contribution in [2.75, 3.05) is 10.6 Å². The van der Waals surface area contributed by atoms with Gasteiger partial charge in [0, 0.05) is 59.2 Å². The molecule has 380 valence electrons. The number of anilines is 2. The fourth-order valence-corrected chi connectivity index (χ4v) is 12.5. The molecule has 10 heteroatoms. The zero-order valence-corrected chi connectivity index (χ0v) is 42.8. The van der Waals surface area contributed by atoms with Crippen molar-refractivity contribution in [3.8, 4) is 22.3 Å². The molecule has 10 aromatic rings. The maximum Gasteiger partial charge on any atom is 0.230 e. The number of rotatable bonds is 12. The lowest BCUT2D eigenvalue weighted by Gasteiger charge is -2.32. The van der Waals surface area contributed by atoms with E-state index in [-0.39, 0.29) is 38.5 Å². The number of nitrogens with one attached hydrogen (secondary N) is 2. The fraction of sp³-hybridized carbons (Fsp3) is 0.182. The summed E-state index contributed by atoms with van der Waals surface area (Å²) in [6.07, 6.45) is 10.1. The van der Waals surface area contributed by atoms with Crippen LogP contribution in [-0.2, 0) is 46.1 Å². The third-order valence-corrected chi connectivity index (χ3v) is 16.7. The minimum absolute atomic E-state index is 0. The summed E-state index contributed by atoms with van der Waals surface area (Å²) in [5.41, 5.74) is 15.4. The summed E-state index contributed by atoms with van der Waals surface area (Å²) >= 11 is 2.97. The molecule has 0 unspecified atom stereocenters. The van der Waals surface area contributed by atoms with E-state index in [2.05, 4.69) is 156 Å². The molecule has 76 heavy (non-hydrogen) atoms. The van der Waals surface area contributed by atoms with E-state index < -0.39 is 10.8 Å². The van der Waals surface area contributed by atoms with Crippen LogP contribution in [0.3, 0.4) is 0 Å². The van der Waals surface area contributed by atoms with Gasteiger partial charge in [-0.2, -0.15) is 0 Å². The highest BCUT2D eigenvalue weighted by Crippen LogP contribution is 2.50. The molecule has 0 aliphatic heterocycles. The Morgan fingerprint density at radius 2 is 0.803 bits per heavy atom. The van der Waals surface area contributed by atoms with E-state index in [1.54, 1.807) is 24.8 Å². The topological polar surface area (TPSA) is 110 Å². The zero-order chi connectivity index (χ0) is 50.5. The Hall–Kier alpha value is -8.18. The molecule has 0 bridgehead atoms. The van der Waals surface area contributed by atoms with Gasteiger partial charge in [0.15, 0.2) is 10.3 Å². The third kappa shape index (κ3) is 10.8. The van der Waals surface area contributed by atoms with Gasteiger partial charge in [0.2, 0.25) is 11.8 Å². The van der Waals surface area contributed by atoms with E-state index in [9.17, 15) is 9.59 Å². The number of amides is 2. The van der Waals surface area contributed by atoms with Crippen LogP contribution in [0, 0.1) is 11.8 Å². The standard InChI is InChI=1S/2C32H27N3OS.2CH4/c2*1-32(26-8-3-2-4-9-26)28-10-6-5-7-25(28)20-29(32)30(36)35-31-34-27(21-37-31)19-22-11-13-23(14-12-22)24-15-17-33-18-16-24;;/h2*2-18,21,29H,19-20H2,1H3,(H,34,35,36);2*1H4/t29-,32+;29-,32-;;/m10../s1. The van der Waals surface area contributed by atoms with Gasteiger partial charge < -0.3 is 10.6 Å². The number of nitrogens with zero attached hydrogens (tertiary/aromatic N) is 4. The van der Waals surface area contributed by atoms with Crippen molar-refractivity contribution in [2.24, 2.45) is 11.8 Å². The molecule has 4 aromatic heterocycles. The van der Waals surface area contributed by atoms with Gasteiger partial charge in [-0.15, -0.1) is 22.7 Å². The molecule has 12 rings (SSSR count). The minimum Gasteiger partial charge on any atom is -0.302 e. The van der Waals surface area contributed by atoms with E-state index in [1.807, 2.05) is 71.4 Å². The van der Waals surface area contributed by atoms with Crippen LogP contribution in [0.5, 0.6) is 0 Å². The van der Waals surface area contributed by atoms with Crippen molar-refractivity contribution in [3.63, 3.8) is 0 Å². The van der Waals surface area contributed by atoms with Crippen molar-refractivity contribution in [1.29, 1.82) is 0 Å². The number of fused-ring (bicyclic) bond motifs is 2. The Morgan fingerprint density at radius 1 is 0.461 bits per heavy atom. The lowest BCUT2D eigenvalue weighted by atomic mass is 9.71. The van der Waals surface area contributed by atoms with Gasteiger partial charge in [0.1, 0.15) is 0 Å². The lowest BCUT2D eigenvalue weighted by molar-refractivity contribution is -0.121. The summed E-state index contributed by atoms with van der Waals surface area (Å²) in [6.45, 7) is 4.39. The monoisotopic (exact) mass is 1030 g/mol. The van der Waals surface area contributed by atoms with Gasteiger partial charge in [-0.1, -0.05) is 186 Å². The summed E-state index contributed by atoms with van der Waals surface area (Å²) in [6, 6.07) is 62.7. The molecule has 4 atom stereocenters. The largest absolute Gasteiger partial charge is 0.302 e. The first kappa shape index (κ1) is 52.7. The smallest absolute Gasteiger partial charge is 0.230 e. The maximum atomic E-state index is 13.7. The highest BCUT2D eigenvalue weighted by Gasteiger charge is 2.49. The minimum atomic E-state index is -0.390. The second-order valence-electron chi connectivity index (χ2n) is 19.5. The Bertz CT molecular complexity index is 3300. The Labute approximate surface area is 455 Å². The highest BCUT2D eigenvalue weighted by molar-refractivity contribution is 7.14. The maximum absolute atomic E-state index is 13.7. The predicted molar refractivity (Wildman–Crippen MR) is 313 cm³/mol. The average molecular weight is 1040 g/mol. The lowest BCUT2D eigenvalue weighted by Crippen LogP contribution is -2.38. The van der Waals surface area contributed by atoms with Gasteiger partial charge >= 0.3 is 0 Å². The number of carbonyl (C=O) groups excluding carboxylic acids is 2. The van der Waals surface area contributed by atoms with Crippen LogP contribution in [0.1, 0.15) is 84.6 Å². The molecule has 2 amide bonds. The van der Waals surface area contributed by atoms with E-state index in [0.717, 1.165) is 70.5 Å². The quantitative estimate of drug-likeness (QED) is 0.126. The number of hydrogen-bond acceptors (Lipinski definition) is 8. The molecule has 8 nitrogen and oxygen atoms in total. The highest BCUT2D eigenvalue weighted by atomic mass is 32.1. The van der Waals surface area contributed by atoms with Crippen LogP contribution < -0.4 is 10.6 Å². The number of aromatic nitrogens is 4. The summed E-state index contributed by atoms with van der Waals surface area (Å²) in [4.78, 5) is 45.0. The molecule has 0 saturated heterocycles. The average Bonchev–Trinajstić information content (AvgIpc) is 4.25. The number of benzene rings is 6. The first-order valence-corrected chi connectivity index (χ1v) is 26.8.